The molecule has 0 radical (unpaired) electrons. The highest BCUT2D eigenvalue weighted by molar-refractivity contribution is 6.30. The second-order valence-corrected chi connectivity index (χ2v) is 3.52. The summed E-state index contributed by atoms with van der Waals surface area (Å²) in [6.45, 7) is 1.18. The van der Waals surface area contributed by atoms with Crippen LogP contribution in [0.3, 0.4) is 0 Å². The van der Waals surface area contributed by atoms with Gasteiger partial charge in [0.25, 0.3) is 5.60 Å². The maximum absolute atomic E-state index is 10.7. The molecular formula is C10H9ClO4. The third-order valence-electron chi connectivity index (χ3n) is 1.79. The number of aliphatic carboxylic acids is 1. The maximum atomic E-state index is 10.7. The molecule has 0 aromatic heterocycles. The molecular weight excluding hydrogens is 220 g/mol. The lowest BCUT2D eigenvalue weighted by Gasteiger charge is -2.19. The summed E-state index contributed by atoms with van der Waals surface area (Å²) in [7, 11) is 0. The van der Waals surface area contributed by atoms with Gasteiger partial charge < -0.3 is 9.84 Å². The largest absolute Gasteiger partial charge is 0.478 e. The summed E-state index contributed by atoms with van der Waals surface area (Å²) in [6.07, 6.45) is 0.240. The van der Waals surface area contributed by atoms with Gasteiger partial charge >= 0.3 is 5.97 Å². The first-order chi connectivity index (χ1) is 6.98. The molecule has 1 rings (SSSR count). The molecule has 80 valence electrons. The molecule has 1 aromatic carbocycles. The topological polar surface area (TPSA) is 63.6 Å². The summed E-state index contributed by atoms with van der Waals surface area (Å²) in [5.74, 6) is -1.07. The van der Waals surface area contributed by atoms with Gasteiger partial charge in [-0.25, -0.2) is 4.79 Å². The van der Waals surface area contributed by atoms with Crippen molar-refractivity contribution in [2.45, 2.75) is 12.5 Å². The third kappa shape index (κ3) is 2.70. The van der Waals surface area contributed by atoms with Gasteiger partial charge in [-0.1, -0.05) is 11.6 Å². The molecule has 0 aliphatic heterocycles. The summed E-state index contributed by atoms with van der Waals surface area (Å²) in [4.78, 5) is 21.3. The third-order valence-corrected chi connectivity index (χ3v) is 2.05. The summed E-state index contributed by atoms with van der Waals surface area (Å²) in [5.41, 5.74) is -1.87. The Morgan fingerprint density at radius 2 is 2.00 bits per heavy atom. The first-order valence-corrected chi connectivity index (χ1v) is 4.50. The molecule has 0 amide bonds. The first-order valence-electron chi connectivity index (χ1n) is 4.12. The minimum Gasteiger partial charge on any atom is -0.478 e. The number of carboxylic acids is 1. The Kier molecular flexibility index (Phi) is 3.31. The summed E-state index contributed by atoms with van der Waals surface area (Å²) < 4.78 is 5.04. The maximum Gasteiger partial charge on any atom is 0.355 e. The number of rotatable bonds is 4. The Bertz CT molecular complexity index is 374. The highest BCUT2D eigenvalue weighted by Gasteiger charge is 2.35. The molecule has 0 spiro atoms. The average Bonchev–Trinajstić information content (AvgIpc) is 2.21. The van der Waals surface area contributed by atoms with Crippen molar-refractivity contribution in [3.05, 3.63) is 29.3 Å². The predicted molar refractivity (Wildman–Crippen MR) is 54.2 cm³/mol. The van der Waals surface area contributed by atoms with Crippen LogP contribution in [-0.2, 0) is 9.59 Å². The number of benzene rings is 1. The molecule has 0 bridgehead atoms. The van der Waals surface area contributed by atoms with Crippen LogP contribution in [0, 0.1) is 0 Å². The summed E-state index contributed by atoms with van der Waals surface area (Å²) in [6, 6.07) is 6.08. The highest BCUT2D eigenvalue weighted by atomic mass is 35.5. The smallest absolute Gasteiger partial charge is 0.355 e. The molecule has 15 heavy (non-hydrogen) atoms. The van der Waals surface area contributed by atoms with Crippen LogP contribution in [-0.4, -0.2) is 23.0 Å². The van der Waals surface area contributed by atoms with Crippen LogP contribution in [0.4, 0.5) is 0 Å². The van der Waals surface area contributed by atoms with Crippen molar-refractivity contribution in [2.24, 2.45) is 0 Å². The molecule has 5 heteroatoms. The van der Waals surface area contributed by atoms with E-state index in [2.05, 4.69) is 0 Å². The molecule has 0 aliphatic carbocycles. The molecule has 1 atom stereocenters. The van der Waals surface area contributed by atoms with E-state index < -0.39 is 11.6 Å². The summed E-state index contributed by atoms with van der Waals surface area (Å²) in [5, 5.41) is 9.27. The Labute approximate surface area is 91.4 Å². The first kappa shape index (κ1) is 11.5. The molecule has 0 heterocycles. The van der Waals surface area contributed by atoms with E-state index in [0.717, 1.165) is 0 Å². The molecule has 1 N–H and O–H groups in total. The van der Waals surface area contributed by atoms with E-state index in [1.807, 2.05) is 0 Å². The normalized spacial score (nSPS) is 14.0. The number of carbonyl (C=O) groups excluding carboxylic acids is 1. The van der Waals surface area contributed by atoms with Crippen molar-refractivity contribution in [3.63, 3.8) is 0 Å². The van der Waals surface area contributed by atoms with E-state index in [-0.39, 0.29) is 12.0 Å². The van der Waals surface area contributed by atoms with E-state index >= 15 is 0 Å². The molecule has 0 saturated carbocycles. The van der Waals surface area contributed by atoms with Crippen molar-refractivity contribution < 1.29 is 19.4 Å². The molecule has 1 aromatic rings. The number of halogens is 1. The number of hydrogen-bond donors (Lipinski definition) is 1. The number of ether oxygens (including phenoxy) is 1. The van der Waals surface area contributed by atoms with E-state index in [4.69, 9.17) is 21.4 Å². The van der Waals surface area contributed by atoms with Gasteiger partial charge in [0.1, 0.15) is 5.75 Å². The number of carboxylic acid groups (broad SMARTS) is 1. The quantitative estimate of drug-likeness (QED) is 0.630. The van der Waals surface area contributed by atoms with Crippen molar-refractivity contribution >= 4 is 23.9 Å². The molecule has 0 aliphatic rings. The average molecular weight is 229 g/mol. The second-order valence-electron chi connectivity index (χ2n) is 3.09. The fourth-order valence-electron chi connectivity index (χ4n) is 0.866. The fourth-order valence-corrected chi connectivity index (χ4v) is 0.992. The van der Waals surface area contributed by atoms with Crippen LogP contribution in [0.1, 0.15) is 6.92 Å². The predicted octanol–water partition coefficient (Wildman–Crippen LogP) is 1.76. The molecule has 0 saturated heterocycles. The fraction of sp³-hybridized carbons (Fsp3) is 0.200. The van der Waals surface area contributed by atoms with E-state index in [1.165, 1.54) is 19.1 Å². The zero-order valence-electron chi connectivity index (χ0n) is 7.94. The van der Waals surface area contributed by atoms with Crippen LogP contribution in [0.25, 0.3) is 0 Å². The zero-order valence-corrected chi connectivity index (χ0v) is 8.69. The van der Waals surface area contributed by atoms with Gasteiger partial charge in [0, 0.05) is 5.02 Å². The zero-order chi connectivity index (χ0) is 11.5. The lowest BCUT2D eigenvalue weighted by Crippen LogP contribution is -2.43. The molecule has 1 unspecified atom stereocenters. The van der Waals surface area contributed by atoms with Gasteiger partial charge in [-0.15, -0.1) is 0 Å². The Balaban J connectivity index is 2.89. The van der Waals surface area contributed by atoms with Crippen LogP contribution >= 0.6 is 11.6 Å². The number of carbonyl (C=O) groups is 2. The minimum atomic E-state index is -1.87. The van der Waals surface area contributed by atoms with Gasteiger partial charge in [0.15, 0.2) is 6.29 Å². The van der Waals surface area contributed by atoms with Crippen LogP contribution in [0.2, 0.25) is 5.02 Å². The number of aldehydes is 1. The van der Waals surface area contributed by atoms with Crippen LogP contribution in [0.5, 0.6) is 5.75 Å². The second kappa shape index (κ2) is 4.31. The Morgan fingerprint density at radius 1 is 1.47 bits per heavy atom. The monoisotopic (exact) mass is 228 g/mol. The van der Waals surface area contributed by atoms with Gasteiger partial charge in [0.2, 0.25) is 0 Å². The standard InChI is InChI=1S/C10H9ClO4/c1-10(6-12,9(13)14)15-8-4-2-7(11)3-5-8/h2-6H,1H3,(H,13,14). The minimum absolute atomic E-state index is 0.240. The van der Waals surface area contributed by atoms with Gasteiger partial charge in [0.05, 0.1) is 0 Å². The lowest BCUT2D eigenvalue weighted by atomic mass is 10.1. The summed E-state index contributed by atoms with van der Waals surface area (Å²) >= 11 is 5.64. The van der Waals surface area contributed by atoms with Gasteiger partial charge in [-0.2, -0.15) is 0 Å². The van der Waals surface area contributed by atoms with Gasteiger partial charge in [-0.05, 0) is 31.2 Å². The Morgan fingerprint density at radius 3 is 2.40 bits per heavy atom. The van der Waals surface area contributed by atoms with Crippen molar-refractivity contribution in [3.8, 4) is 5.75 Å². The SMILES string of the molecule is CC(C=O)(Oc1ccc(Cl)cc1)C(=O)O. The van der Waals surface area contributed by atoms with Gasteiger partial charge in [-0.3, -0.25) is 4.79 Å². The van der Waals surface area contributed by atoms with E-state index in [0.29, 0.717) is 5.02 Å². The van der Waals surface area contributed by atoms with Crippen molar-refractivity contribution in [1.29, 1.82) is 0 Å². The van der Waals surface area contributed by atoms with Crippen LogP contribution in [0.15, 0.2) is 24.3 Å². The van der Waals surface area contributed by atoms with Crippen molar-refractivity contribution in [2.75, 3.05) is 0 Å². The molecule has 4 nitrogen and oxygen atoms in total. The van der Waals surface area contributed by atoms with Crippen LogP contribution < -0.4 is 4.74 Å². The lowest BCUT2D eigenvalue weighted by molar-refractivity contribution is -0.155. The van der Waals surface area contributed by atoms with E-state index in [1.54, 1.807) is 12.1 Å². The highest BCUT2D eigenvalue weighted by Crippen LogP contribution is 2.20. The van der Waals surface area contributed by atoms with E-state index in [9.17, 15) is 9.59 Å². The number of hydrogen-bond acceptors (Lipinski definition) is 3. The Hall–Kier alpha value is -1.55. The molecule has 0 fully saturated rings. The van der Waals surface area contributed by atoms with Crippen molar-refractivity contribution in [1.82, 2.24) is 0 Å².